The molecule has 2 N–H and O–H groups in total. The number of thioether (sulfide) groups is 1. The maximum Gasteiger partial charge on any atom is 0.314 e. The van der Waals surface area contributed by atoms with Crippen LogP contribution < -0.4 is 10.6 Å². The van der Waals surface area contributed by atoms with Crippen LogP contribution in [-0.2, 0) is 21.1 Å². The molecule has 0 saturated heterocycles. The number of nitrogens with zero attached hydrogens (tertiary/aromatic N) is 2. The lowest BCUT2D eigenvalue weighted by atomic mass is 10.1. The lowest BCUT2D eigenvalue weighted by Gasteiger charge is -2.15. The van der Waals surface area contributed by atoms with Gasteiger partial charge < -0.3 is 10.6 Å². The zero-order chi connectivity index (χ0) is 19.5. The van der Waals surface area contributed by atoms with Crippen molar-refractivity contribution in [2.24, 2.45) is 0 Å². The van der Waals surface area contributed by atoms with Gasteiger partial charge in [0.25, 0.3) is 0 Å². The van der Waals surface area contributed by atoms with Gasteiger partial charge in [0, 0.05) is 17.1 Å². The summed E-state index contributed by atoms with van der Waals surface area (Å²) in [6.07, 6.45) is 0. The fourth-order valence-electron chi connectivity index (χ4n) is 3.15. The quantitative estimate of drug-likeness (QED) is 0.667. The van der Waals surface area contributed by atoms with E-state index in [9.17, 15) is 9.59 Å². The van der Waals surface area contributed by atoms with Crippen molar-refractivity contribution in [3.63, 3.8) is 0 Å². The summed E-state index contributed by atoms with van der Waals surface area (Å²) in [5, 5.41) is 10.2. The minimum absolute atomic E-state index is 0.264. The van der Waals surface area contributed by atoms with Gasteiger partial charge in [-0.1, -0.05) is 48.5 Å². The Morgan fingerprint density at radius 2 is 1.68 bits per heavy atom. The summed E-state index contributed by atoms with van der Waals surface area (Å²) < 4.78 is 1.70. The highest BCUT2D eigenvalue weighted by molar-refractivity contribution is 7.98. The first-order valence-electron chi connectivity index (χ1n) is 9.04. The van der Waals surface area contributed by atoms with E-state index in [0.717, 1.165) is 34.0 Å². The molecule has 4 rings (SSSR count). The van der Waals surface area contributed by atoms with Crippen LogP contribution in [0.4, 0.5) is 5.82 Å². The molecule has 6 nitrogen and oxygen atoms in total. The van der Waals surface area contributed by atoms with E-state index in [1.165, 1.54) is 0 Å². The number of anilines is 1. The van der Waals surface area contributed by atoms with Gasteiger partial charge in [0.15, 0.2) is 0 Å². The normalized spacial score (nSPS) is 13.6. The van der Waals surface area contributed by atoms with Gasteiger partial charge in [-0.25, -0.2) is 4.68 Å². The minimum atomic E-state index is -0.695. The molecule has 0 aliphatic carbocycles. The Morgan fingerprint density at radius 3 is 2.39 bits per heavy atom. The van der Waals surface area contributed by atoms with E-state index in [0.29, 0.717) is 5.82 Å². The molecule has 0 radical (unpaired) electrons. The molecule has 1 atom stereocenters. The van der Waals surface area contributed by atoms with Gasteiger partial charge in [0.05, 0.1) is 17.4 Å². The van der Waals surface area contributed by atoms with Gasteiger partial charge >= 0.3 is 11.8 Å². The van der Waals surface area contributed by atoms with E-state index in [-0.39, 0.29) is 6.04 Å². The van der Waals surface area contributed by atoms with Crippen LogP contribution in [0, 0.1) is 0 Å². The predicted molar refractivity (Wildman–Crippen MR) is 110 cm³/mol. The number of hydrogen-bond donors (Lipinski definition) is 2. The molecule has 3 aromatic rings. The Morgan fingerprint density at radius 1 is 1.00 bits per heavy atom. The Balaban J connectivity index is 1.54. The average molecular weight is 392 g/mol. The second-order valence-electron chi connectivity index (χ2n) is 6.57. The largest absolute Gasteiger partial charge is 0.341 e. The zero-order valence-electron chi connectivity index (χ0n) is 15.4. The summed E-state index contributed by atoms with van der Waals surface area (Å²) in [5.41, 5.74) is 3.71. The molecule has 1 aromatic heterocycles. The van der Waals surface area contributed by atoms with Crippen LogP contribution in [0.5, 0.6) is 0 Å². The molecule has 2 heterocycles. The Kier molecular flexibility index (Phi) is 5.16. The first-order valence-corrected chi connectivity index (χ1v) is 10.2. The van der Waals surface area contributed by atoms with Gasteiger partial charge in [0.1, 0.15) is 5.82 Å². The molecule has 28 heavy (non-hydrogen) atoms. The van der Waals surface area contributed by atoms with Crippen LogP contribution in [0.15, 0.2) is 60.7 Å². The average Bonchev–Trinajstić information content (AvgIpc) is 3.32. The number of para-hydroxylation sites is 1. The van der Waals surface area contributed by atoms with Crippen molar-refractivity contribution < 1.29 is 9.59 Å². The van der Waals surface area contributed by atoms with Gasteiger partial charge in [-0.2, -0.15) is 16.9 Å². The Labute approximate surface area is 167 Å². The van der Waals surface area contributed by atoms with E-state index >= 15 is 0 Å². The highest BCUT2D eigenvalue weighted by atomic mass is 32.2. The van der Waals surface area contributed by atoms with Crippen molar-refractivity contribution in [2.75, 3.05) is 5.32 Å². The standard InChI is InChI=1S/C21H20N4O2S/c1-14(15-8-4-2-5-9-15)22-20(26)21(27)23-19-17-12-28-13-18(17)24-25(19)16-10-6-3-7-11-16/h2-11,14H,12-13H2,1H3,(H,22,26)(H,23,27)/t14-/m0/s1. The van der Waals surface area contributed by atoms with Gasteiger partial charge in [-0.3, -0.25) is 9.59 Å². The maximum atomic E-state index is 12.6. The summed E-state index contributed by atoms with van der Waals surface area (Å²) in [6.45, 7) is 1.85. The zero-order valence-corrected chi connectivity index (χ0v) is 16.2. The second-order valence-corrected chi connectivity index (χ2v) is 7.56. The summed E-state index contributed by atoms with van der Waals surface area (Å²) in [4.78, 5) is 25.0. The van der Waals surface area contributed by atoms with Gasteiger partial charge in [-0.05, 0) is 24.6 Å². The first-order chi connectivity index (χ1) is 13.6. The van der Waals surface area contributed by atoms with Crippen molar-refractivity contribution in [1.82, 2.24) is 15.1 Å². The SMILES string of the molecule is C[C@H](NC(=O)C(=O)Nc1c2c(nn1-c1ccccc1)CSC2)c1ccccc1. The molecule has 0 fully saturated rings. The second kappa shape index (κ2) is 7.90. The topological polar surface area (TPSA) is 76.0 Å². The first kappa shape index (κ1) is 18.3. The molecule has 7 heteroatoms. The smallest absolute Gasteiger partial charge is 0.314 e. The van der Waals surface area contributed by atoms with Gasteiger partial charge in [-0.15, -0.1) is 0 Å². The van der Waals surface area contributed by atoms with E-state index in [4.69, 9.17) is 0 Å². The number of nitrogens with one attached hydrogen (secondary N) is 2. The molecule has 0 unspecified atom stereocenters. The van der Waals surface area contributed by atoms with Crippen molar-refractivity contribution in [3.8, 4) is 5.69 Å². The van der Waals surface area contributed by atoms with E-state index in [1.54, 1.807) is 16.4 Å². The summed E-state index contributed by atoms with van der Waals surface area (Å²) in [6, 6.07) is 18.9. The molecule has 0 bridgehead atoms. The van der Waals surface area contributed by atoms with E-state index in [1.807, 2.05) is 67.6 Å². The number of amides is 2. The highest BCUT2D eigenvalue weighted by Crippen LogP contribution is 2.36. The molecular weight excluding hydrogens is 372 g/mol. The predicted octanol–water partition coefficient (Wildman–Crippen LogP) is 3.44. The van der Waals surface area contributed by atoms with Crippen molar-refractivity contribution in [3.05, 3.63) is 77.5 Å². The molecule has 1 aliphatic rings. The maximum absolute atomic E-state index is 12.6. The summed E-state index contributed by atoms with van der Waals surface area (Å²) >= 11 is 1.74. The minimum Gasteiger partial charge on any atom is -0.341 e. The van der Waals surface area contributed by atoms with Crippen molar-refractivity contribution in [2.45, 2.75) is 24.5 Å². The molecule has 0 saturated carbocycles. The fourth-order valence-corrected chi connectivity index (χ4v) is 4.18. The van der Waals surface area contributed by atoms with Crippen LogP contribution in [0.1, 0.15) is 29.8 Å². The lowest BCUT2D eigenvalue weighted by molar-refractivity contribution is -0.136. The Hall–Kier alpha value is -3.06. The fraction of sp³-hybridized carbons (Fsp3) is 0.190. The molecule has 2 amide bonds. The number of fused-ring (bicyclic) bond motifs is 1. The van der Waals surface area contributed by atoms with Crippen LogP contribution in [-0.4, -0.2) is 21.6 Å². The van der Waals surface area contributed by atoms with E-state index < -0.39 is 11.8 Å². The van der Waals surface area contributed by atoms with Crippen LogP contribution in [0.2, 0.25) is 0 Å². The third-order valence-electron chi connectivity index (χ3n) is 4.64. The van der Waals surface area contributed by atoms with Crippen molar-refractivity contribution >= 4 is 29.4 Å². The number of rotatable bonds is 4. The van der Waals surface area contributed by atoms with Crippen LogP contribution >= 0.6 is 11.8 Å². The molecular formula is C21H20N4O2S. The van der Waals surface area contributed by atoms with Crippen LogP contribution in [0.3, 0.4) is 0 Å². The van der Waals surface area contributed by atoms with Gasteiger partial charge in [0.2, 0.25) is 0 Å². The number of benzene rings is 2. The molecule has 2 aromatic carbocycles. The number of carbonyl (C=O) groups excluding carboxylic acids is 2. The molecule has 1 aliphatic heterocycles. The van der Waals surface area contributed by atoms with Crippen LogP contribution in [0.25, 0.3) is 5.69 Å². The van der Waals surface area contributed by atoms with E-state index in [2.05, 4.69) is 15.7 Å². The third kappa shape index (κ3) is 3.66. The number of hydrogen-bond acceptors (Lipinski definition) is 4. The highest BCUT2D eigenvalue weighted by Gasteiger charge is 2.26. The molecule has 0 spiro atoms. The van der Waals surface area contributed by atoms with Crippen molar-refractivity contribution in [1.29, 1.82) is 0 Å². The number of carbonyl (C=O) groups is 2. The monoisotopic (exact) mass is 392 g/mol. The third-order valence-corrected chi connectivity index (χ3v) is 5.61. The Bertz CT molecular complexity index is 1000. The summed E-state index contributed by atoms with van der Waals surface area (Å²) in [7, 11) is 0. The number of aromatic nitrogens is 2. The lowest BCUT2D eigenvalue weighted by Crippen LogP contribution is -2.37. The molecule has 142 valence electrons. The summed E-state index contributed by atoms with van der Waals surface area (Å²) in [5.74, 6) is 0.768.